The van der Waals surface area contributed by atoms with Gasteiger partial charge in [0, 0.05) is 25.5 Å². The first-order chi connectivity index (χ1) is 12.9. The monoisotopic (exact) mass is 410 g/mol. The molecule has 27 heavy (non-hydrogen) atoms. The van der Waals surface area contributed by atoms with Gasteiger partial charge in [-0.15, -0.1) is 0 Å². The molecule has 0 radical (unpaired) electrons. The topological polar surface area (TPSA) is 92.3 Å². The van der Waals surface area contributed by atoms with Gasteiger partial charge < -0.3 is 20.7 Å². The van der Waals surface area contributed by atoms with E-state index >= 15 is 0 Å². The molecule has 3 N–H and O–H groups in total. The smallest absolute Gasteiger partial charge is 0.318 e. The van der Waals surface area contributed by atoms with Crippen LogP contribution in [0.25, 0.3) is 0 Å². The lowest BCUT2D eigenvalue weighted by atomic mass is 10.2. The molecule has 0 aliphatic heterocycles. The summed E-state index contributed by atoms with van der Waals surface area (Å²) in [4.78, 5) is 27.8. The number of ether oxygens (including phenoxy) is 1. The second-order valence-electron chi connectivity index (χ2n) is 5.58. The van der Waals surface area contributed by atoms with Crippen molar-refractivity contribution in [3.05, 3.63) is 52.1 Å². The Balaban J connectivity index is 1.96. The maximum Gasteiger partial charge on any atom is 0.318 e. The van der Waals surface area contributed by atoms with Gasteiger partial charge in [0.1, 0.15) is 5.02 Å². The third kappa shape index (κ3) is 6.30. The number of benzene rings is 1. The number of hydrogen-bond acceptors (Lipinski definition) is 4. The number of nitrogens with zero attached hydrogens (tertiary/aromatic N) is 1. The molecular formula is C18H20Cl2N4O3. The van der Waals surface area contributed by atoms with Crippen LogP contribution in [0, 0.1) is 0 Å². The fraction of sp³-hybridized carbons (Fsp3) is 0.278. The Labute approximate surface area is 167 Å². The highest BCUT2D eigenvalue weighted by atomic mass is 35.5. The van der Waals surface area contributed by atoms with Crippen molar-refractivity contribution in [2.24, 2.45) is 0 Å². The van der Waals surface area contributed by atoms with Crippen molar-refractivity contribution in [3.63, 3.8) is 0 Å². The van der Waals surface area contributed by atoms with E-state index in [1.165, 1.54) is 19.3 Å². The molecule has 1 unspecified atom stereocenters. The van der Waals surface area contributed by atoms with E-state index in [1.54, 1.807) is 18.2 Å². The van der Waals surface area contributed by atoms with Gasteiger partial charge in [0.2, 0.25) is 5.88 Å². The highest BCUT2D eigenvalue weighted by Crippen LogP contribution is 2.25. The summed E-state index contributed by atoms with van der Waals surface area (Å²) in [5.74, 6) is -0.144. The van der Waals surface area contributed by atoms with Crippen molar-refractivity contribution in [1.82, 2.24) is 15.6 Å². The third-order valence-electron chi connectivity index (χ3n) is 3.57. The molecule has 144 valence electrons. The van der Waals surface area contributed by atoms with Gasteiger partial charge >= 0.3 is 6.03 Å². The van der Waals surface area contributed by atoms with Gasteiger partial charge in [-0.3, -0.25) is 4.79 Å². The van der Waals surface area contributed by atoms with Gasteiger partial charge in [-0.25, -0.2) is 9.78 Å². The summed E-state index contributed by atoms with van der Waals surface area (Å²) in [5.41, 5.74) is 1.45. The molecule has 0 spiro atoms. The largest absolute Gasteiger partial charge is 0.463 e. The Morgan fingerprint density at radius 3 is 2.70 bits per heavy atom. The summed E-state index contributed by atoms with van der Waals surface area (Å²) in [6.07, 6.45) is 1.09. The zero-order chi connectivity index (χ0) is 19.8. The first-order valence-electron chi connectivity index (χ1n) is 8.26. The Bertz CT molecular complexity index is 817. The number of halogens is 2. The molecule has 0 bridgehead atoms. The van der Waals surface area contributed by atoms with Crippen LogP contribution < -0.4 is 20.7 Å². The molecule has 1 atom stereocenters. The summed E-state index contributed by atoms with van der Waals surface area (Å²) >= 11 is 11.8. The molecule has 2 rings (SSSR count). The van der Waals surface area contributed by atoms with E-state index in [1.807, 2.05) is 13.0 Å². The van der Waals surface area contributed by atoms with Gasteiger partial charge in [-0.05, 0) is 30.2 Å². The van der Waals surface area contributed by atoms with Crippen molar-refractivity contribution in [2.45, 2.75) is 26.0 Å². The number of amides is 3. The minimum Gasteiger partial charge on any atom is -0.463 e. The van der Waals surface area contributed by atoms with Crippen LogP contribution in [0.1, 0.15) is 18.9 Å². The average Bonchev–Trinajstić information content (AvgIpc) is 2.65. The summed E-state index contributed by atoms with van der Waals surface area (Å²) in [5, 5.41) is 8.58. The van der Waals surface area contributed by atoms with E-state index in [0.29, 0.717) is 17.1 Å². The molecule has 1 heterocycles. The second-order valence-corrected chi connectivity index (χ2v) is 6.42. The lowest BCUT2D eigenvalue weighted by molar-refractivity contribution is -0.128. The van der Waals surface area contributed by atoms with Crippen LogP contribution >= 0.6 is 23.2 Å². The maximum atomic E-state index is 12.4. The summed E-state index contributed by atoms with van der Waals surface area (Å²) < 4.78 is 5.61. The predicted molar refractivity (Wildman–Crippen MR) is 105 cm³/mol. The Hall–Kier alpha value is -2.51. The van der Waals surface area contributed by atoms with E-state index in [0.717, 1.165) is 5.56 Å². The van der Waals surface area contributed by atoms with E-state index in [4.69, 9.17) is 27.9 Å². The summed E-state index contributed by atoms with van der Waals surface area (Å²) in [6.45, 7) is 2.10. The van der Waals surface area contributed by atoms with Crippen molar-refractivity contribution in [1.29, 1.82) is 0 Å². The van der Waals surface area contributed by atoms with E-state index in [2.05, 4.69) is 20.9 Å². The quantitative estimate of drug-likeness (QED) is 0.649. The number of rotatable bonds is 7. The van der Waals surface area contributed by atoms with E-state index < -0.39 is 6.10 Å². The van der Waals surface area contributed by atoms with Crippen LogP contribution in [0.2, 0.25) is 10.0 Å². The van der Waals surface area contributed by atoms with Crippen molar-refractivity contribution in [3.8, 4) is 5.88 Å². The van der Waals surface area contributed by atoms with Crippen molar-refractivity contribution in [2.75, 3.05) is 12.4 Å². The highest BCUT2D eigenvalue weighted by molar-refractivity contribution is 6.35. The van der Waals surface area contributed by atoms with Gasteiger partial charge in [-0.2, -0.15) is 0 Å². The Morgan fingerprint density at radius 2 is 2.04 bits per heavy atom. The van der Waals surface area contributed by atoms with E-state index in [-0.39, 0.29) is 29.4 Å². The van der Waals surface area contributed by atoms with Crippen molar-refractivity contribution >= 4 is 40.8 Å². The molecule has 1 aromatic carbocycles. The van der Waals surface area contributed by atoms with E-state index in [9.17, 15) is 9.59 Å². The molecule has 0 aliphatic rings. The number of anilines is 1. The molecular weight excluding hydrogens is 391 g/mol. The minimum absolute atomic E-state index is 0.153. The number of urea groups is 1. The van der Waals surface area contributed by atoms with Crippen molar-refractivity contribution < 1.29 is 14.3 Å². The molecule has 0 aliphatic carbocycles. The lowest BCUT2D eigenvalue weighted by Crippen LogP contribution is -2.37. The average molecular weight is 411 g/mol. The first-order valence-corrected chi connectivity index (χ1v) is 9.01. The Kier molecular flexibility index (Phi) is 7.69. The SMILES string of the molecule is CCC(Oc1ncc(Cl)cc1Cl)C(=O)NCc1cccc(NC(=O)NC)c1. The predicted octanol–water partition coefficient (Wildman–Crippen LogP) is 3.61. The number of pyridine rings is 1. The second kappa shape index (κ2) is 9.99. The number of hydrogen-bond donors (Lipinski definition) is 3. The fourth-order valence-electron chi connectivity index (χ4n) is 2.20. The zero-order valence-electron chi connectivity index (χ0n) is 14.9. The molecule has 0 fully saturated rings. The number of carbonyl (C=O) groups is 2. The lowest BCUT2D eigenvalue weighted by Gasteiger charge is -2.17. The van der Waals surface area contributed by atoms with Crippen LogP contribution in [-0.4, -0.2) is 30.1 Å². The van der Waals surface area contributed by atoms with Crippen LogP contribution in [-0.2, 0) is 11.3 Å². The molecule has 7 nitrogen and oxygen atoms in total. The van der Waals surface area contributed by atoms with Crippen LogP contribution in [0.5, 0.6) is 5.88 Å². The number of carbonyl (C=O) groups excluding carboxylic acids is 2. The molecule has 9 heteroatoms. The molecule has 3 amide bonds. The van der Waals surface area contributed by atoms with Gasteiger partial charge in [0.25, 0.3) is 5.91 Å². The standard InChI is InChI=1S/C18H20Cl2N4O3/c1-3-15(27-17-14(20)8-12(19)10-23-17)16(25)22-9-11-5-4-6-13(7-11)24-18(26)21-2/h4-8,10,15H,3,9H2,1-2H3,(H,22,25)(H2,21,24,26). The normalized spacial score (nSPS) is 11.4. The van der Waals surface area contributed by atoms with Gasteiger partial charge in [0.15, 0.2) is 6.10 Å². The Morgan fingerprint density at radius 1 is 1.26 bits per heavy atom. The van der Waals surface area contributed by atoms with Crippen LogP contribution in [0.3, 0.4) is 0 Å². The first kappa shape index (κ1) is 20.8. The van der Waals surface area contributed by atoms with Gasteiger partial charge in [-0.1, -0.05) is 42.3 Å². The molecule has 2 aromatic rings. The van der Waals surface area contributed by atoms with Gasteiger partial charge in [0.05, 0.1) is 5.02 Å². The fourth-order valence-corrected chi connectivity index (χ4v) is 2.63. The van der Waals surface area contributed by atoms with Crippen LogP contribution in [0.15, 0.2) is 36.5 Å². The summed E-state index contributed by atoms with van der Waals surface area (Å²) in [7, 11) is 1.53. The third-order valence-corrected chi connectivity index (χ3v) is 4.05. The summed E-state index contributed by atoms with van der Waals surface area (Å²) in [6, 6.07) is 8.35. The molecule has 1 aromatic heterocycles. The minimum atomic E-state index is -0.747. The zero-order valence-corrected chi connectivity index (χ0v) is 16.4. The number of aromatic nitrogens is 1. The highest BCUT2D eigenvalue weighted by Gasteiger charge is 2.20. The molecule has 0 saturated carbocycles. The number of nitrogens with one attached hydrogen (secondary N) is 3. The maximum absolute atomic E-state index is 12.4. The molecule has 0 saturated heterocycles. The van der Waals surface area contributed by atoms with Crippen LogP contribution in [0.4, 0.5) is 10.5 Å².